The largest absolute Gasteiger partial charge is 0.543 e. The van der Waals surface area contributed by atoms with Crippen molar-refractivity contribution >= 4 is 23.3 Å². The summed E-state index contributed by atoms with van der Waals surface area (Å²) >= 11 is 5.71. The Morgan fingerprint density at radius 3 is 2.75 bits per heavy atom. The van der Waals surface area contributed by atoms with Crippen molar-refractivity contribution in [2.75, 3.05) is 6.61 Å². The van der Waals surface area contributed by atoms with Crippen LogP contribution < -0.4 is 5.11 Å². The molecule has 0 aliphatic heterocycles. The molecule has 0 atom stereocenters. The van der Waals surface area contributed by atoms with Crippen LogP contribution in [-0.4, -0.2) is 18.3 Å². The third-order valence-electron chi connectivity index (χ3n) is 1.89. The molecule has 86 valence electrons. The molecule has 0 radical (unpaired) electrons. The molecule has 5 heteroatoms. The van der Waals surface area contributed by atoms with Crippen LogP contribution in [-0.2, 0) is 15.5 Å². The zero-order valence-corrected chi connectivity index (χ0v) is 9.53. The average Bonchev–Trinajstić information content (AvgIpc) is 2.29. The molecule has 0 fully saturated rings. The minimum atomic E-state index is -1.38. The molecule has 16 heavy (non-hydrogen) atoms. The Morgan fingerprint density at radius 2 is 2.19 bits per heavy atom. The van der Waals surface area contributed by atoms with Crippen molar-refractivity contribution in [2.24, 2.45) is 5.16 Å². The van der Waals surface area contributed by atoms with Gasteiger partial charge < -0.3 is 14.7 Å². The van der Waals surface area contributed by atoms with Crippen LogP contribution in [0.25, 0.3) is 0 Å². The van der Waals surface area contributed by atoms with Gasteiger partial charge in [0.25, 0.3) is 0 Å². The number of halogens is 1. The van der Waals surface area contributed by atoms with E-state index >= 15 is 0 Å². The van der Waals surface area contributed by atoms with Crippen LogP contribution >= 0.6 is 11.6 Å². The lowest BCUT2D eigenvalue weighted by Crippen LogP contribution is -2.33. The van der Waals surface area contributed by atoms with Crippen LogP contribution in [0.15, 0.2) is 29.4 Å². The van der Waals surface area contributed by atoms with Crippen LogP contribution in [0.3, 0.4) is 0 Å². The van der Waals surface area contributed by atoms with Crippen molar-refractivity contribution in [1.29, 1.82) is 0 Å². The summed E-state index contributed by atoms with van der Waals surface area (Å²) in [6.45, 7) is 2.00. The minimum Gasteiger partial charge on any atom is -0.543 e. The summed E-state index contributed by atoms with van der Waals surface area (Å²) in [5, 5.41) is 14.4. The Kier molecular flexibility index (Phi) is 4.79. The number of rotatable bonds is 5. The van der Waals surface area contributed by atoms with Crippen LogP contribution in [0.5, 0.6) is 0 Å². The molecule has 0 aliphatic carbocycles. The maximum absolute atomic E-state index is 10.9. The van der Waals surface area contributed by atoms with E-state index in [4.69, 9.17) is 16.4 Å². The molecule has 0 aliphatic rings. The molecule has 0 saturated carbocycles. The predicted molar refractivity (Wildman–Crippen MR) is 59.2 cm³/mol. The Labute approximate surface area is 98.5 Å². The monoisotopic (exact) mass is 240 g/mol. The van der Waals surface area contributed by atoms with Gasteiger partial charge in [0.05, 0.1) is 5.97 Å². The van der Waals surface area contributed by atoms with Gasteiger partial charge in [-0.1, -0.05) is 29.4 Å². The number of hydrogen-bond donors (Lipinski definition) is 0. The molecule has 0 saturated heterocycles. The highest BCUT2D eigenvalue weighted by Gasteiger charge is 2.10. The lowest BCUT2D eigenvalue weighted by molar-refractivity contribution is -0.294. The zero-order valence-electron chi connectivity index (χ0n) is 8.77. The fourth-order valence-electron chi connectivity index (χ4n) is 1.19. The van der Waals surface area contributed by atoms with E-state index in [1.807, 2.05) is 0 Å². The van der Waals surface area contributed by atoms with Crippen molar-refractivity contribution in [3.05, 3.63) is 35.4 Å². The van der Waals surface area contributed by atoms with E-state index in [-0.39, 0.29) is 11.6 Å². The number of carboxylic acid groups (broad SMARTS) is 1. The Morgan fingerprint density at radius 1 is 1.50 bits per heavy atom. The van der Waals surface area contributed by atoms with Crippen LogP contribution in [0.2, 0.25) is 0 Å². The number of carbonyl (C=O) groups is 1. The van der Waals surface area contributed by atoms with Gasteiger partial charge in [0.15, 0.2) is 0 Å². The third-order valence-corrected chi connectivity index (χ3v) is 2.18. The van der Waals surface area contributed by atoms with Crippen molar-refractivity contribution in [1.82, 2.24) is 0 Å². The summed E-state index contributed by atoms with van der Waals surface area (Å²) in [5.41, 5.74) is 0.857. The van der Waals surface area contributed by atoms with E-state index in [0.29, 0.717) is 17.7 Å². The SMILES string of the molecule is CCO/N=C(\C(=O)[O-])c1ccccc1CCl. The first-order valence-electron chi connectivity index (χ1n) is 4.76. The van der Waals surface area contributed by atoms with E-state index in [1.54, 1.807) is 31.2 Å². The minimum absolute atomic E-state index is 0.203. The lowest BCUT2D eigenvalue weighted by atomic mass is 10.0. The highest BCUT2D eigenvalue weighted by atomic mass is 35.5. The number of benzene rings is 1. The van der Waals surface area contributed by atoms with Gasteiger partial charge in [0, 0.05) is 11.4 Å². The number of alkyl halides is 1. The maximum atomic E-state index is 10.9. The van der Waals surface area contributed by atoms with Gasteiger partial charge in [-0.3, -0.25) is 0 Å². The molecule has 1 aromatic carbocycles. The van der Waals surface area contributed by atoms with Gasteiger partial charge in [-0.25, -0.2) is 0 Å². The molecular formula is C11H11ClNO3-. The molecule has 0 spiro atoms. The number of hydrogen-bond acceptors (Lipinski definition) is 4. The highest BCUT2D eigenvalue weighted by molar-refractivity contribution is 6.42. The first kappa shape index (κ1) is 12.5. The first-order valence-corrected chi connectivity index (χ1v) is 5.29. The van der Waals surface area contributed by atoms with Gasteiger partial charge in [-0.15, -0.1) is 11.6 Å². The second kappa shape index (κ2) is 6.12. The van der Waals surface area contributed by atoms with Gasteiger partial charge >= 0.3 is 0 Å². The second-order valence-electron chi connectivity index (χ2n) is 2.94. The van der Waals surface area contributed by atoms with Crippen molar-refractivity contribution in [2.45, 2.75) is 12.8 Å². The Balaban J connectivity index is 3.15. The molecule has 1 rings (SSSR count). The first-order chi connectivity index (χ1) is 7.70. The van der Waals surface area contributed by atoms with E-state index < -0.39 is 5.97 Å². The molecule has 0 amide bonds. The molecule has 0 bridgehead atoms. The maximum Gasteiger partial charge on any atom is 0.133 e. The standard InChI is InChI=1S/C11H12ClNO3/c1-2-16-13-10(11(14)15)9-6-4-3-5-8(9)7-12/h3-6H,2,7H2,1H3,(H,14,15)/p-1/b13-10-. The summed E-state index contributed by atoms with van der Waals surface area (Å²) < 4.78 is 0. The highest BCUT2D eigenvalue weighted by Crippen LogP contribution is 2.12. The summed E-state index contributed by atoms with van der Waals surface area (Å²) in [5.74, 6) is -1.18. The Hall–Kier alpha value is -1.55. The van der Waals surface area contributed by atoms with Gasteiger partial charge in [0.2, 0.25) is 0 Å². The quantitative estimate of drug-likeness (QED) is 0.437. The zero-order chi connectivity index (χ0) is 12.0. The van der Waals surface area contributed by atoms with Crippen LogP contribution in [0, 0.1) is 0 Å². The number of nitrogens with zero attached hydrogens (tertiary/aromatic N) is 1. The van der Waals surface area contributed by atoms with Crippen LogP contribution in [0.4, 0.5) is 0 Å². The van der Waals surface area contributed by atoms with Gasteiger partial charge in [-0.2, -0.15) is 0 Å². The van der Waals surface area contributed by atoms with E-state index in [1.165, 1.54) is 0 Å². The van der Waals surface area contributed by atoms with E-state index in [0.717, 1.165) is 0 Å². The van der Waals surface area contributed by atoms with Crippen molar-refractivity contribution in [3.8, 4) is 0 Å². The molecule has 0 heterocycles. The number of oxime groups is 1. The number of carbonyl (C=O) groups excluding carboxylic acids is 1. The molecular weight excluding hydrogens is 230 g/mol. The van der Waals surface area contributed by atoms with E-state index in [2.05, 4.69) is 5.16 Å². The Bertz CT molecular complexity index is 404. The molecule has 4 nitrogen and oxygen atoms in total. The topological polar surface area (TPSA) is 61.7 Å². The molecule has 1 aromatic rings. The van der Waals surface area contributed by atoms with Crippen molar-refractivity contribution in [3.63, 3.8) is 0 Å². The molecule has 0 unspecified atom stereocenters. The predicted octanol–water partition coefficient (Wildman–Crippen LogP) is 0.916. The third kappa shape index (κ3) is 2.97. The summed E-state index contributed by atoms with van der Waals surface area (Å²) in [4.78, 5) is 15.6. The van der Waals surface area contributed by atoms with Gasteiger partial charge in [-0.05, 0) is 12.5 Å². The molecule has 0 N–H and O–H groups in total. The smallest absolute Gasteiger partial charge is 0.133 e. The normalized spacial score (nSPS) is 11.2. The number of carboxylic acids is 1. The van der Waals surface area contributed by atoms with Crippen LogP contribution in [0.1, 0.15) is 18.1 Å². The second-order valence-corrected chi connectivity index (χ2v) is 3.20. The van der Waals surface area contributed by atoms with Gasteiger partial charge in [0.1, 0.15) is 12.3 Å². The van der Waals surface area contributed by atoms with Crippen molar-refractivity contribution < 1.29 is 14.7 Å². The summed E-state index contributed by atoms with van der Waals surface area (Å²) in [6, 6.07) is 6.82. The average molecular weight is 241 g/mol. The summed E-state index contributed by atoms with van der Waals surface area (Å²) in [7, 11) is 0. The molecule has 0 aromatic heterocycles. The fourth-order valence-corrected chi connectivity index (χ4v) is 1.43. The lowest BCUT2D eigenvalue weighted by Gasteiger charge is -2.10. The van der Waals surface area contributed by atoms with E-state index in [9.17, 15) is 9.90 Å². The fraction of sp³-hybridized carbons (Fsp3) is 0.273. The summed E-state index contributed by atoms with van der Waals surface area (Å²) in [6.07, 6.45) is 0. The number of aliphatic carboxylic acids is 1.